The minimum atomic E-state index is -1.05. The Morgan fingerprint density at radius 3 is 2.72 bits per heavy atom. The minimum absolute atomic E-state index is 0.355. The molecule has 5 unspecified atom stereocenters. The second kappa shape index (κ2) is 5.40. The molecule has 7 nitrogen and oxygen atoms in total. The Hall–Kier alpha value is -0.890. The first-order chi connectivity index (χ1) is 8.54. The lowest BCUT2D eigenvalue weighted by molar-refractivity contribution is -0.0992. The first kappa shape index (κ1) is 13.5. The molecule has 2 fully saturated rings. The summed E-state index contributed by atoms with van der Waals surface area (Å²) in [7, 11) is 0. The van der Waals surface area contributed by atoms with E-state index in [1.807, 2.05) is 4.90 Å². The average Bonchev–Trinajstić information content (AvgIpc) is 2.67. The topological polar surface area (TPSA) is 105 Å². The van der Waals surface area contributed by atoms with Gasteiger partial charge in [-0.15, -0.1) is 0 Å². The van der Waals surface area contributed by atoms with Crippen molar-refractivity contribution in [2.24, 2.45) is 0 Å². The first-order valence-electron chi connectivity index (χ1n) is 6.37. The van der Waals surface area contributed by atoms with Crippen molar-refractivity contribution in [1.29, 1.82) is 0 Å². The first-order valence-corrected chi connectivity index (χ1v) is 6.37. The van der Waals surface area contributed by atoms with Crippen LogP contribution < -0.4 is 10.6 Å². The number of aliphatic hydroxyl groups is 3. The van der Waals surface area contributed by atoms with Gasteiger partial charge in [0.25, 0.3) is 0 Å². The molecular weight excluding hydrogens is 238 g/mol. The Kier molecular flexibility index (Phi) is 4.06. The molecule has 5 atom stereocenters. The van der Waals surface area contributed by atoms with Crippen LogP contribution in [0.1, 0.15) is 13.3 Å². The number of nitrogens with zero attached hydrogens (tertiary/aromatic N) is 1. The van der Waals surface area contributed by atoms with E-state index in [4.69, 9.17) is 0 Å². The third-order valence-corrected chi connectivity index (χ3v) is 3.73. The van der Waals surface area contributed by atoms with Crippen LogP contribution in [-0.4, -0.2) is 76.3 Å². The molecule has 2 saturated heterocycles. The van der Waals surface area contributed by atoms with Gasteiger partial charge in [-0.2, -0.15) is 0 Å². The second-order valence-corrected chi connectivity index (χ2v) is 4.93. The van der Waals surface area contributed by atoms with Crippen molar-refractivity contribution in [3.05, 3.63) is 0 Å². The summed E-state index contributed by atoms with van der Waals surface area (Å²) in [4.78, 5) is 13.4. The number of amides is 2. The van der Waals surface area contributed by atoms with E-state index in [2.05, 4.69) is 10.6 Å². The summed E-state index contributed by atoms with van der Waals surface area (Å²) in [6, 6.07) is -1.30. The summed E-state index contributed by atoms with van der Waals surface area (Å²) in [5.41, 5.74) is 0. The molecule has 2 rings (SSSR count). The molecule has 0 aromatic carbocycles. The lowest BCUT2D eigenvalue weighted by atomic mass is 9.91. The second-order valence-electron chi connectivity index (χ2n) is 4.93. The van der Waals surface area contributed by atoms with Crippen LogP contribution in [0.2, 0.25) is 0 Å². The van der Waals surface area contributed by atoms with Gasteiger partial charge in [0.2, 0.25) is 0 Å². The van der Waals surface area contributed by atoms with E-state index < -0.39 is 30.4 Å². The molecule has 0 saturated carbocycles. The van der Waals surface area contributed by atoms with E-state index >= 15 is 0 Å². The molecule has 2 aliphatic rings. The summed E-state index contributed by atoms with van der Waals surface area (Å²) in [5, 5.41) is 35.0. The number of carbonyl (C=O) groups is 1. The highest BCUT2D eigenvalue weighted by Gasteiger charge is 2.48. The lowest BCUT2D eigenvalue weighted by Crippen LogP contribution is -2.66. The van der Waals surface area contributed by atoms with Gasteiger partial charge in [0.1, 0.15) is 6.10 Å². The van der Waals surface area contributed by atoms with Gasteiger partial charge in [-0.25, -0.2) is 4.79 Å². The largest absolute Gasteiger partial charge is 0.391 e. The van der Waals surface area contributed by atoms with E-state index in [9.17, 15) is 20.1 Å². The zero-order valence-corrected chi connectivity index (χ0v) is 10.4. The molecule has 0 aliphatic carbocycles. The van der Waals surface area contributed by atoms with Crippen LogP contribution in [0.3, 0.4) is 0 Å². The number of aliphatic hydroxyl groups excluding tert-OH is 3. The summed E-state index contributed by atoms with van der Waals surface area (Å²) in [6.45, 7) is 3.42. The van der Waals surface area contributed by atoms with Gasteiger partial charge in [0.15, 0.2) is 0 Å². The summed E-state index contributed by atoms with van der Waals surface area (Å²) in [5.74, 6) is 0. The van der Waals surface area contributed by atoms with Crippen LogP contribution in [0, 0.1) is 0 Å². The Morgan fingerprint density at radius 1 is 1.33 bits per heavy atom. The lowest BCUT2D eigenvalue weighted by Gasteiger charge is -2.43. The number of nitrogens with one attached hydrogen (secondary N) is 2. The molecule has 104 valence electrons. The Labute approximate surface area is 106 Å². The number of hydrogen-bond donors (Lipinski definition) is 5. The van der Waals surface area contributed by atoms with Crippen molar-refractivity contribution in [3.63, 3.8) is 0 Å². The Bertz CT molecular complexity index is 315. The highest BCUT2D eigenvalue weighted by atomic mass is 16.3. The number of fused-ring (bicyclic) bond motifs is 1. The number of urea groups is 1. The highest BCUT2D eigenvalue weighted by Crippen LogP contribution is 2.28. The normalized spacial score (nSPS) is 40.3. The van der Waals surface area contributed by atoms with Gasteiger partial charge in [-0.3, -0.25) is 4.90 Å². The number of hydrogen-bond acceptors (Lipinski definition) is 5. The van der Waals surface area contributed by atoms with E-state index in [0.717, 1.165) is 0 Å². The van der Waals surface area contributed by atoms with E-state index in [-0.39, 0.29) is 6.03 Å². The molecule has 7 heteroatoms. The highest BCUT2D eigenvalue weighted by molar-refractivity contribution is 5.74. The number of piperidine rings is 1. The number of carbonyl (C=O) groups excluding carboxylic acids is 1. The van der Waals surface area contributed by atoms with Gasteiger partial charge in [-0.05, 0) is 13.3 Å². The molecule has 0 radical (unpaired) electrons. The molecule has 18 heavy (non-hydrogen) atoms. The molecule has 5 N–H and O–H groups in total. The van der Waals surface area contributed by atoms with Crippen LogP contribution in [0.4, 0.5) is 4.79 Å². The summed E-state index contributed by atoms with van der Waals surface area (Å²) < 4.78 is 0. The van der Waals surface area contributed by atoms with Crippen LogP contribution in [-0.2, 0) is 0 Å². The van der Waals surface area contributed by atoms with Gasteiger partial charge in [0.05, 0.1) is 24.3 Å². The zero-order valence-electron chi connectivity index (χ0n) is 10.4. The Balaban J connectivity index is 2.00. The van der Waals surface area contributed by atoms with Crippen LogP contribution in [0.25, 0.3) is 0 Å². The maximum Gasteiger partial charge on any atom is 0.315 e. The fourth-order valence-electron chi connectivity index (χ4n) is 2.83. The minimum Gasteiger partial charge on any atom is -0.391 e. The summed E-state index contributed by atoms with van der Waals surface area (Å²) >= 11 is 0. The van der Waals surface area contributed by atoms with Crippen molar-refractivity contribution in [1.82, 2.24) is 15.5 Å². The van der Waals surface area contributed by atoms with Crippen molar-refractivity contribution < 1.29 is 20.1 Å². The molecule has 0 aromatic heterocycles. The quantitative estimate of drug-likeness (QED) is 0.389. The van der Waals surface area contributed by atoms with Crippen LogP contribution in [0.15, 0.2) is 0 Å². The zero-order chi connectivity index (χ0) is 13.3. The smallest absolute Gasteiger partial charge is 0.315 e. The van der Waals surface area contributed by atoms with Gasteiger partial charge >= 0.3 is 6.03 Å². The average molecular weight is 259 g/mol. The monoisotopic (exact) mass is 259 g/mol. The van der Waals surface area contributed by atoms with E-state index in [1.165, 1.54) is 0 Å². The fraction of sp³-hybridized carbons (Fsp3) is 0.909. The van der Waals surface area contributed by atoms with Gasteiger partial charge in [0, 0.05) is 19.6 Å². The van der Waals surface area contributed by atoms with Crippen molar-refractivity contribution >= 4 is 6.03 Å². The molecule has 2 aliphatic heterocycles. The molecule has 2 heterocycles. The number of rotatable bonds is 2. The van der Waals surface area contributed by atoms with Crippen molar-refractivity contribution in [2.45, 2.75) is 43.7 Å². The Morgan fingerprint density at radius 2 is 2.06 bits per heavy atom. The van der Waals surface area contributed by atoms with Gasteiger partial charge < -0.3 is 26.0 Å². The maximum atomic E-state index is 11.4. The molecule has 0 spiro atoms. The van der Waals surface area contributed by atoms with E-state index in [0.29, 0.717) is 26.1 Å². The molecule has 2 amide bonds. The standard InChI is InChI=1S/C11H21N3O4/c1-2-12-11(18)13-6-5-14-4-3-7(15)8(14)10(17)9(6)16/h6-10,15-17H,2-5H2,1H3,(H2,12,13,18). The van der Waals surface area contributed by atoms with Gasteiger partial charge in [-0.1, -0.05) is 0 Å². The molecule has 0 aromatic rings. The molecule has 0 bridgehead atoms. The third-order valence-electron chi connectivity index (χ3n) is 3.73. The fourth-order valence-corrected chi connectivity index (χ4v) is 2.83. The van der Waals surface area contributed by atoms with Crippen LogP contribution >= 0.6 is 0 Å². The molecular formula is C11H21N3O4. The third kappa shape index (κ3) is 2.44. The van der Waals surface area contributed by atoms with Crippen molar-refractivity contribution in [3.8, 4) is 0 Å². The predicted molar refractivity (Wildman–Crippen MR) is 64.0 cm³/mol. The van der Waals surface area contributed by atoms with Crippen molar-refractivity contribution in [2.75, 3.05) is 19.6 Å². The van der Waals surface area contributed by atoms with E-state index in [1.54, 1.807) is 6.92 Å². The van der Waals surface area contributed by atoms with Crippen LogP contribution in [0.5, 0.6) is 0 Å². The SMILES string of the molecule is CCNC(=O)NC1CN2CCC(O)C2C(O)C1O. The predicted octanol–water partition coefficient (Wildman–Crippen LogP) is -2.16. The summed E-state index contributed by atoms with van der Waals surface area (Å²) in [6.07, 6.45) is -2.12. The maximum absolute atomic E-state index is 11.4.